The van der Waals surface area contributed by atoms with Crippen LogP contribution in [0.15, 0.2) is 66.2 Å². The van der Waals surface area contributed by atoms with E-state index in [1.54, 1.807) is 11.1 Å². The molecule has 1 N–H and O–H groups in total. The quantitative estimate of drug-likeness (QED) is 0.769. The van der Waals surface area contributed by atoms with Gasteiger partial charge in [-0.05, 0) is 55.4 Å². The smallest absolute Gasteiger partial charge is 0.326 e. The fourth-order valence-corrected chi connectivity index (χ4v) is 4.29. The Hall–Kier alpha value is -2.97. The van der Waals surface area contributed by atoms with Gasteiger partial charge in [0.05, 0.1) is 6.17 Å². The molecule has 5 heteroatoms. The number of amides is 2. The van der Waals surface area contributed by atoms with E-state index < -0.39 is 0 Å². The first-order valence-corrected chi connectivity index (χ1v) is 9.93. The molecule has 0 radical (unpaired) electrons. The third-order valence-electron chi connectivity index (χ3n) is 5.86. The van der Waals surface area contributed by atoms with Gasteiger partial charge >= 0.3 is 6.03 Å². The molecule has 0 saturated carbocycles. The second-order valence-corrected chi connectivity index (χ2v) is 7.72. The highest BCUT2D eigenvalue weighted by molar-refractivity contribution is 5.77. The highest BCUT2D eigenvalue weighted by Crippen LogP contribution is 2.31. The summed E-state index contributed by atoms with van der Waals surface area (Å²) in [5.74, 6) is 7.56. The molecule has 2 atom stereocenters. The number of carbonyl (C=O) groups is 1. The van der Waals surface area contributed by atoms with Crippen LogP contribution in [0, 0.1) is 17.8 Å². The van der Waals surface area contributed by atoms with E-state index in [-0.39, 0.29) is 18.3 Å². The number of nitrogens with zero attached hydrogens (tertiary/aromatic N) is 2. The molecule has 2 amide bonds. The molecule has 0 aromatic heterocycles. The summed E-state index contributed by atoms with van der Waals surface area (Å²) in [6.45, 7) is 2.18. The van der Waals surface area contributed by atoms with Crippen LogP contribution >= 0.6 is 0 Å². The normalized spacial score (nSPS) is 29.8. The first-order chi connectivity index (χ1) is 13.7. The Kier molecular flexibility index (Phi) is 4.42. The zero-order valence-electron chi connectivity index (χ0n) is 15.7. The average Bonchev–Trinajstić information content (AvgIpc) is 3.16. The number of nitrogens with one attached hydrogen (secondary N) is 1. The standard InChI is InChI=1S/C23H23N3O2/c27-23(24-22-14-18-8-11-25(22)12-9-18)26-13-10-21-19(16-26)15-20(28-21)7-6-17-4-2-1-3-5-17/h1-5,10,13,15-16,18,21-22H,8-9,11-12,14H2,(H,24,27). The number of urea groups is 1. The van der Waals surface area contributed by atoms with Gasteiger partial charge in [-0.15, -0.1) is 0 Å². The Morgan fingerprint density at radius 3 is 2.71 bits per heavy atom. The summed E-state index contributed by atoms with van der Waals surface area (Å²) < 4.78 is 5.87. The highest BCUT2D eigenvalue weighted by atomic mass is 16.5. The first kappa shape index (κ1) is 17.2. The molecule has 5 aliphatic heterocycles. The molecule has 28 heavy (non-hydrogen) atoms. The second-order valence-electron chi connectivity index (χ2n) is 7.72. The number of fused-ring (bicyclic) bond motifs is 4. The number of benzene rings is 1. The predicted molar refractivity (Wildman–Crippen MR) is 107 cm³/mol. The third-order valence-corrected chi connectivity index (χ3v) is 5.86. The van der Waals surface area contributed by atoms with Gasteiger partial charge in [0.15, 0.2) is 5.76 Å². The maximum absolute atomic E-state index is 12.7. The fraction of sp³-hybridized carbons (Fsp3) is 0.348. The van der Waals surface area contributed by atoms with E-state index in [1.807, 2.05) is 48.7 Å². The minimum absolute atomic E-state index is 0.0861. The maximum Gasteiger partial charge on any atom is 0.326 e. The van der Waals surface area contributed by atoms with Crippen molar-refractivity contribution in [2.24, 2.45) is 5.92 Å². The van der Waals surface area contributed by atoms with E-state index in [2.05, 4.69) is 22.1 Å². The lowest BCUT2D eigenvalue weighted by molar-refractivity contribution is 0.0357. The maximum atomic E-state index is 12.7. The zero-order valence-corrected chi connectivity index (χ0v) is 15.7. The van der Waals surface area contributed by atoms with Crippen LogP contribution in [-0.2, 0) is 4.74 Å². The van der Waals surface area contributed by atoms with Gasteiger partial charge in [0, 0.05) is 36.6 Å². The van der Waals surface area contributed by atoms with E-state index in [9.17, 15) is 4.79 Å². The van der Waals surface area contributed by atoms with E-state index in [4.69, 9.17) is 4.74 Å². The Labute approximate surface area is 165 Å². The molecule has 1 aromatic rings. The molecule has 142 valence electrons. The molecular formula is C23H23N3O2. The average molecular weight is 373 g/mol. The number of carbonyl (C=O) groups excluding carboxylic acids is 1. The van der Waals surface area contributed by atoms with Crippen LogP contribution in [0.1, 0.15) is 24.8 Å². The van der Waals surface area contributed by atoms with Crippen molar-refractivity contribution in [2.75, 3.05) is 13.1 Å². The number of hydrogen-bond acceptors (Lipinski definition) is 3. The van der Waals surface area contributed by atoms with E-state index in [0.29, 0.717) is 5.76 Å². The number of hydrogen-bond donors (Lipinski definition) is 1. The molecule has 6 rings (SSSR count). The van der Waals surface area contributed by atoms with Gasteiger partial charge in [0.1, 0.15) is 6.10 Å². The molecule has 3 saturated heterocycles. The number of allylic oxidation sites excluding steroid dienone is 1. The first-order valence-electron chi connectivity index (χ1n) is 9.93. The Bertz CT molecular complexity index is 914. The van der Waals surface area contributed by atoms with Crippen LogP contribution in [0.2, 0.25) is 0 Å². The number of piperidine rings is 3. The van der Waals surface area contributed by atoms with E-state index in [1.165, 1.54) is 12.8 Å². The van der Waals surface area contributed by atoms with Gasteiger partial charge in [-0.2, -0.15) is 0 Å². The molecule has 5 heterocycles. The molecule has 3 fully saturated rings. The van der Waals surface area contributed by atoms with Crippen LogP contribution in [0.4, 0.5) is 4.79 Å². The van der Waals surface area contributed by atoms with Crippen LogP contribution < -0.4 is 5.32 Å². The topological polar surface area (TPSA) is 44.8 Å². The van der Waals surface area contributed by atoms with Crippen LogP contribution in [-0.4, -0.2) is 41.2 Å². The summed E-state index contributed by atoms with van der Waals surface area (Å²) in [4.78, 5) is 16.7. The summed E-state index contributed by atoms with van der Waals surface area (Å²) in [7, 11) is 0. The lowest BCUT2D eigenvalue weighted by Gasteiger charge is -2.45. The minimum atomic E-state index is -0.168. The van der Waals surface area contributed by atoms with Gasteiger partial charge < -0.3 is 10.1 Å². The SMILES string of the molecule is O=C(NC1CC2CCN1CC2)N1C=CC2OC(C#Cc3ccccc3)=CC2=C1. The highest BCUT2D eigenvalue weighted by Gasteiger charge is 2.35. The van der Waals surface area contributed by atoms with Crippen LogP contribution in [0.3, 0.4) is 0 Å². The monoisotopic (exact) mass is 373 g/mol. The van der Waals surface area contributed by atoms with Gasteiger partial charge in [-0.1, -0.05) is 24.1 Å². The molecule has 0 spiro atoms. The lowest BCUT2D eigenvalue weighted by atomic mass is 9.86. The van der Waals surface area contributed by atoms with Crippen molar-refractivity contribution in [2.45, 2.75) is 31.5 Å². The molecule has 0 aliphatic carbocycles. The van der Waals surface area contributed by atoms with Crippen molar-refractivity contribution in [1.29, 1.82) is 0 Å². The second kappa shape index (κ2) is 7.21. The van der Waals surface area contributed by atoms with Gasteiger partial charge in [-0.3, -0.25) is 9.80 Å². The van der Waals surface area contributed by atoms with E-state index >= 15 is 0 Å². The summed E-state index contributed by atoms with van der Waals surface area (Å²) in [5, 5.41) is 3.19. The van der Waals surface area contributed by atoms with Gasteiger partial charge in [-0.25, -0.2) is 4.79 Å². The van der Waals surface area contributed by atoms with Crippen molar-refractivity contribution >= 4 is 6.03 Å². The van der Waals surface area contributed by atoms with Crippen molar-refractivity contribution in [3.8, 4) is 11.8 Å². The van der Waals surface area contributed by atoms with E-state index in [0.717, 1.165) is 36.6 Å². The fourth-order valence-electron chi connectivity index (χ4n) is 4.29. The molecule has 2 bridgehead atoms. The summed E-state index contributed by atoms with van der Waals surface area (Å²) in [6.07, 6.45) is 11.0. The molecule has 5 aliphatic rings. The largest absolute Gasteiger partial charge is 0.473 e. The van der Waals surface area contributed by atoms with Gasteiger partial charge in [0.25, 0.3) is 0 Å². The van der Waals surface area contributed by atoms with Crippen molar-refractivity contribution < 1.29 is 9.53 Å². The molecular weight excluding hydrogens is 350 g/mol. The number of rotatable bonds is 1. The van der Waals surface area contributed by atoms with Crippen molar-refractivity contribution in [3.63, 3.8) is 0 Å². The molecule has 2 unspecified atom stereocenters. The van der Waals surface area contributed by atoms with Crippen molar-refractivity contribution in [1.82, 2.24) is 15.1 Å². The summed E-state index contributed by atoms with van der Waals surface area (Å²) in [5.41, 5.74) is 1.89. The van der Waals surface area contributed by atoms with Crippen molar-refractivity contribution in [3.05, 3.63) is 71.8 Å². The van der Waals surface area contributed by atoms with Crippen LogP contribution in [0.5, 0.6) is 0 Å². The molecule has 5 nitrogen and oxygen atoms in total. The Morgan fingerprint density at radius 1 is 1.14 bits per heavy atom. The minimum Gasteiger partial charge on any atom is -0.473 e. The Balaban J connectivity index is 1.26. The summed E-state index contributed by atoms with van der Waals surface area (Å²) >= 11 is 0. The Morgan fingerprint density at radius 2 is 1.96 bits per heavy atom. The summed E-state index contributed by atoms with van der Waals surface area (Å²) in [6, 6.07) is 9.74. The third kappa shape index (κ3) is 3.44. The predicted octanol–water partition coefficient (Wildman–Crippen LogP) is 3.19. The van der Waals surface area contributed by atoms with Crippen LogP contribution in [0.25, 0.3) is 0 Å². The molecule has 1 aromatic carbocycles. The lowest BCUT2D eigenvalue weighted by Crippen LogP contribution is -2.57. The zero-order chi connectivity index (χ0) is 18.9. The van der Waals surface area contributed by atoms with Gasteiger partial charge in [0.2, 0.25) is 0 Å². The number of ether oxygens (including phenoxy) is 1.